The molecule has 0 radical (unpaired) electrons. The number of anilines is 1. The highest BCUT2D eigenvalue weighted by atomic mass is 16.5. The van der Waals surface area contributed by atoms with Gasteiger partial charge in [0.1, 0.15) is 23.9 Å². The van der Waals surface area contributed by atoms with E-state index in [2.05, 4.69) is 37.6 Å². The Morgan fingerprint density at radius 2 is 1.97 bits per heavy atom. The zero-order chi connectivity index (χ0) is 23.5. The summed E-state index contributed by atoms with van der Waals surface area (Å²) >= 11 is 0. The lowest BCUT2D eigenvalue weighted by atomic mass is 9.90. The number of likely N-dealkylation sites (N-methyl/N-ethyl adjacent to an activating group) is 2. The van der Waals surface area contributed by atoms with E-state index < -0.39 is 0 Å². The van der Waals surface area contributed by atoms with Crippen LogP contribution in [0.4, 0.5) is 5.82 Å². The molecule has 2 aromatic heterocycles. The third-order valence-corrected chi connectivity index (χ3v) is 5.81. The number of pyridine rings is 1. The van der Waals surface area contributed by atoms with Gasteiger partial charge in [0.05, 0.1) is 12.2 Å². The van der Waals surface area contributed by atoms with Gasteiger partial charge in [-0.25, -0.2) is 9.97 Å². The van der Waals surface area contributed by atoms with Crippen LogP contribution in [-0.2, 0) is 16.6 Å². The van der Waals surface area contributed by atoms with Gasteiger partial charge in [-0.2, -0.15) is 0 Å². The summed E-state index contributed by atoms with van der Waals surface area (Å²) in [5, 5.41) is 0. The van der Waals surface area contributed by atoms with Crippen molar-refractivity contribution in [3.8, 4) is 17.3 Å². The minimum absolute atomic E-state index is 0.0373. The van der Waals surface area contributed by atoms with E-state index in [-0.39, 0.29) is 11.2 Å². The second kappa shape index (κ2) is 9.94. The first kappa shape index (κ1) is 24.1. The summed E-state index contributed by atoms with van der Waals surface area (Å²) < 4.78 is 5.89. The molecule has 174 valence electrons. The van der Waals surface area contributed by atoms with E-state index in [0.717, 1.165) is 42.2 Å². The van der Waals surface area contributed by atoms with Crippen molar-refractivity contribution in [3.63, 3.8) is 0 Å². The van der Waals surface area contributed by atoms with Gasteiger partial charge in [0.15, 0.2) is 11.6 Å². The number of rotatable bonds is 10. The van der Waals surface area contributed by atoms with E-state index in [4.69, 9.17) is 14.7 Å². The van der Waals surface area contributed by atoms with Crippen molar-refractivity contribution in [1.29, 1.82) is 0 Å². The van der Waals surface area contributed by atoms with Crippen molar-refractivity contribution in [2.45, 2.75) is 52.4 Å². The van der Waals surface area contributed by atoms with Crippen LogP contribution in [0.2, 0.25) is 0 Å². The molecule has 0 fully saturated rings. The van der Waals surface area contributed by atoms with Gasteiger partial charge >= 0.3 is 0 Å². The van der Waals surface area contributed by atoms with Crippen molar-refractivity contribution < 1.29 is 9.53 Å². The number of carbonyl (C=O) groups is 1. The minimum atomic E-state index is -0.0373. The molecule has 0 amide bonds. The second-order valence-electron chi connectivity index (χ2n) is 10.1. The Labute approximate surface area is 192 Å². The Morgan fingerprint density at radius 3 is 2.66 bits per heavy atom. The number of ether oxygens (including phenoxy) is 1. The van der Waals surface area contributed by atoms with Crippen LogP contribution in [0.1, 0.15) is 51.8 Å². The monoisotopic (exact) mass is 439 g/mol. The second-order valence-corrected chi connectivity index (χ2v) is 10.1. The quantitative estimate of drug-likeness (QED) is 0.558. The van der Waals surface area contributed by atoms with Crippen LogP contribution in [0, 0.1) is 5.92 Å². The number of aromatic nitrogens is 3. The fourth-order valence-corrected chi connectivity index (χ4v) is 4.08. The van der Waals surface area contributed by atoms with E-state index in [1.165, 1.54) is 0 Å². The molecule has 0 unspecified atom stereocenters. The van der Waals surface area contributed by atoms with Crippen molar-refractivity contribution in [2.24, 2.45) is 5.92 Å². The van der Waals surface area contributed by atoms with Crippen molar-refractivity contribution in [1.82, 2.24) is 19.9 Å². The van der Waals surface area contributed by atoms with Gasteiger partial charge in [-0.3, -0.25) is 9.78 Å². The van der Waals surface area contributed by atoms with E-state index in [1.807, 2.05) is 38.2 Å². The van der Waals surface area contributed by atoms with E-state index in [1.54, 1.807) is 6.20 Å². The fourth-order valence-electron chi connectivity index (χ4n) is 4.08. The number of nitrogens with zero attached hydrogens (tertiary/aromatic N) is 5. The minimum Gasteiger partial charge on any atom is -0.492 e. The SMILES string of the molecule is CC(C)CC(=O)CN(C)c1nc(-c2cc(OCCN(C)C)ccn2)nc2c1CCC2(C)C. The molecular weight excluding hydrogens is 402 g/mol. The lowest BCUT2D eigenvalue weighted by Crippen LogP contribution is -2.29. The Balaban J connectivity index is 1.94. The molecule has 0 spiro atoms. The number of ketones is 1. The summed E-state index contributed by atoms with van der Waals surface area (Å²) in [6, 6.07) is 3.75. The summed E-state index contributed by atoms with van der Waals surface area (Å²) in [7, 11) is 5.99. The van der Waals surface area contributed by atoms with Gasteiger partial charge < -0.3 is 14.5 Å². The maximum atomic E-state index is 12.5. The highest BCUT2D eigenvalue weighted by Gasteiger charge is 2.35. The summed E-state index contributed by atoms with van der Waals surface area (Å²) in [4.78, 5) is 30.9. The lowest BCUT2D eigenvalue weighted by molar-refractivity contribution is -0.118. The van der Waals surface area contributed by atoms with Gasteiger partial charge in [-0.1, -0.05) is 27.7 Å². The third-order valence-electron chi connectivity index (χ3n) is 5.81. The topological polar surface area (TPSA) is 71.5 Å². The van der Waals surface area contributed by atoms with Crippen LogP contribution in [-0.4, -0.2) is 66.5 Å². The number of carbonyl (C=O) groups excluding carboxylic acids is 1. The summed E-state index contributed by atoms with van der Waals surface area (Å²) in [6.45, 7) is 10.4. The molecule has 32 heavy (non-hydrogen) atoms. The van der Waals surface area contributed by atoms with Crippen molar-refractivity contribution >= 4 is 11.6 Å². The van der Waals surface area contributed by atoms with E-state index in [9.17, 15) is 4.79 Å². The van der Waals surface area contributed by atoms with Crippen LogP contribution in [0.25, 0.3) is 11.5 Å². The third kappa shape index (κ3) is 5.82. The van der Waals surface area contributed by atoms with Gasteiger partial charge in [0.25, 0.3) is 0 Å². The summed E-state index contributed by atoms with van der Waals surface area (Å²) in [6.07, 6.45) is 4.24. The molecule has 0 N–H and O–H groups in total. The largest absolute Gasteiger partial charge is 0.492 e. The van der Waals surface area contributed by atoms with Crippen LogP contribution >= 0.6 is 0 Å². The molecule has 1 aliphatic carbocycles. The smallest absolute Gasteiger partial charge is 0.180 e. The summed E-state index contributed by atoms with van der Waals surface area (Å²) in [5.41, 5.74) is 2.85. The molecule has 0 saturated heterocycles. The van der Waals surface area contributed by atoms with Gasteiger partial charge in [-0.15, -0.1) is 0 Å². The summed E-state index contributed by atoms with van der Waals surface area (Å²) in [5.74, 6) is 2.75. The van der Waals surface area contributed by atoms with Gasteiger partial charge in [-0.05, 0) is 38.9 Å². The number of Topliss-reactive ketones (excluding diaryl/α,β-unsaturated/α-hetero) is 1. The Kier molecular flexibility index (Phi) is 7.49. The molecule has 0 aliphatic heterocycles. The number of hydrogen-bond donors (Lipinski definition) is 0. The van der Waals surface area contributed by atoms with Crippen molar-refractivity contribution in [3.05, 3.63) is 29.6 Å². The average Bonchev–Trinajstić information content (AvgIpc) is 3.01. The highest BCUT2D eigenvalue weighted by molar-refractivity contribution is 5.83. The molecule has 2 aromatic rings. The van der Waals surface area contributed by atoms with Crippen LogP contribution in [0.5, 0.6) is 5.75 Å². The van der Waals surface area contributed by atoms with E-state index >= 15 is 0 Å². The highest BCUT2D eigenvalue weighted by Crippen LogP contribution is 2.41. The predicted octanol–water partition coefficient (Wildman–Crippen LogP) is 3.75. The van der Waals surface area contributed by atoms with Crippen molar-refractivity contribution in [2.75, 3.05) is 45.7 Å². The zero-order valence-corrected chi connectivity index (χ0v) is 20.6. The van der Waals surface area contributed by atoms with E-state index in [0.29, 0.717) is 37.0 Å². The first-order valence-electron chi connectivity index (χ1n) is 11.4. The molecule has 7 nitrogen and oxygen atoms in total. The molecule has 0 saturated carbocycles. The number of hydrogen-bond acceptors (Lipinski definition) is 7. The number of fused-ring (bicyclic) bond motifs is 1. The molecule has 0 bridgehead atoms. The lowest BCUT2D eigenvalue weighted by Gasteiger charge is -2.23. The van der Waals surface area contributed by atoms with Crippen LogP contribution in [0.3, 0.4) is 0 Å². The maximum Gasteiger partial charge on any atom is 0.180 e. The molecule has 2 heterocycles. The molecule has 0 aromatic carbocycles. The first-order valence-corrected chi connectivity index (χ1v) is 11.4. The van der Waals surface area contributed by atoms with Gasteiger partial charge in [0, 0.05) is 43.3 Å². The average molecular weight is 440 g/mol. The molecular formula is C25H37N5O2. The Hall–Kier alpha value is -2.54. The zero-order valence-electron chi connectivity index (χ0n) is 20.6. The Bertz CT molecular complexity index is 955. The molecule has 3 rings (SSSR count). The van der Waals surface area contributed by atoms with Crippen LogP contribution < -0.4 is 9.64 Å². The predicted molar refractivity (Wildman–Crippen MR) is 128 cm³/mol. The van der Waals surface area contributed by atoms with Crippen LogP contribution in [0.15, 0.2) is 18.3 Å². The normalized spacial score (nSPS) is 14.7. The molecule has 7 heteroatoms. The fraction of sp³-hybridized carbons (Fsp3) is 0.600. The van der Waals surface area contributed by atoms with Gasteiger partial charge in [0.2, 0.25) is 0 Å². The standard InChI is InChI=1S/C25H37N5O2/c1-17(2)14-18(31)16-30(7)24-20-8-10-25(3,4)22(20)27-23(28-24)21-15-19(9-11-26-21)32-13-12-29(5)6/h9,11,15,17H,8,10,12-14,16H2,1-7H3. The Morgan fingerprint density at radius 1 is 1.22 bits per heavy atom. The molecule has 0 atom stereocenters. The maximum absolute atomic E-state index is 12.5. The first-order chi connectivity index (χ1) is 15.1. The molecule has 1 aliphatic rings.